The number of benzene rings is 1. The number of rotatable bonds is 13. The van der Waals surface area contributed by atoms with Crippen molar-refractivity contribution in [2.45, 2.75) is 44.9 Å². The van der Waals surface area contributed by atoms with Crippen LogP contribution in [-0.2, 0) is 14.4 Å². The second-order valence-electron chi connectivity index (χ2n) is 7.62. The SMILES string of the molecule is Cc1ccnc(NCCCCC(=O)NCC(=O)CC(CC(=O)O)c2cc(Cl)cc(Cl)c2)c1. The first kappa shape index (κ1) is 25.6. The highest BCUT2D eigenvalue weighted by atomic mass is 35.5. The lowest BCUT2D eigenvalue weighted by molar-refractivity contribution is -0.137. The minimum absolute atomic E-state index is 0.0311. The summed E-state index contributed by atoms with van der Waals surface area (Å²) in [6.07, 6.45) is 3.23. The van der Waals surface area contributed by atoms with Crippen molar-refractivity contribution in [1.29, 1.82) is 0 Å². The summed E-state index contributed by atoms with van der Waals surface area (Å²) in [5.74, 6) is -1.27. The summed E-state index contributed by atoms with van der Waals surface area (Å²) < 4.78 is 0. The molecular formula is C23H27Cl2N3O4. The minimum atomic E-state index is -1.03. The summed E-state index contributed by atoms with van der Waals surface area (Å²) >= 11 is 12.0. The molecule has 3 N–H and O–H groups in total. The van der Waals surface area contributed by atoms with Crippen LogP contribution in [0.3, 0.4) is 0 Å². The molecule has 0 fully saturated rings. The van der Waals surface area contributed by atoms with Crippen LogP contribution in [0.2, 0.25) is 10.0 Å². The number of hydrogen-bond acceptors (Lipinski definition) is 5. The van der Waals surface area contributed by atoms with E-state index in [-0.39, 0.29) is 31.1 Å². The van der Waals surface area contributed by atoms with E-state index in [9.17, 15) is 19.5 Å². The molecule has 0 saturated heterocycles. The molecule has 0 saturated carbocycles. The van der Waals surface area contributed by atoms with Crippen LogP contribution in [0.25, 0.3) is 0 Å². The summed E-state index contributed by atoms with van der Waals surface area (Å²) in [7, 11) is 0. The van der Waals surface area contributed by atoms with Gasteiger partial charge in [-0.15, -0.1) is 0 Å². The number of aliphatic carboxylic acids is 1. The van der Waals surface area contributed by atoms with E-state index < -0.39 is 11.9 Å². The van der Waals surface area contributed by atoms with E-state index in [4.69, 9.17) is 23.2 Å². The lowest BCUT2D eigenvalue weighted by Crippen LogP contribution is -2.30. The molecule has 1 unspecified atom stereocenters. The van der Waals surface area contributed by atoms with Crippen molar-refractivity contribution in [2.75, 3.05) is 18.4 Å². The van der Waals surface area contributed by atoms with Crippen LogP contribution in [0.5, 0.6) is 0 Å². The fraction of sp³-hybridized carbons (Fsp3) is 0.391. The summed E-state index contributed by atoms with van der Waals surface area (Å²) in [6.45, 7) is 2.54. The lowest BCUT2D eigenvalue weighted by Gasteiger charge is -2.16. The molecule has 1 atom stereocenters. The number of aromatic nitrogens is 1. The van der Waals surface area contributed by atoms with Crippen LogP contribution < -0.4 is 10.6 Å². The maximum Gasteiger partial charge on any atom is 0.303 e. The fourth-order valence-electron chi connectivity index (χ4n) is 3.22. The van der Waals surface area contributed by atoms with Crippen molar-refractivity contribution >= 4 is 46.7 Å². The molecule has 0 aliphatic rings. The number of carboxylic acid groups (broad SMARTS) is 1. The molecule has 32 heavy (non-hydrogen) atoms. The minimum Gasteiger partial charge on any atom is -0.481 e. The van der Waals surface area contributed by atoms with Gasteiger partial charge in [0.2, 0.25) is 5.91 Å². The number of nitrogens with one attached hydrogen (secondary N) is 2. The van der Waals surface area contributed by atoms with Crippen molar-refractivity contribution in [3.8, 4) is 0 Å². The van der Waals surface area contributed by atoms with Crippen LogP contribution in [0, 0.1) is 6.92 Å². The number of ketones is 1. The van der Waals surface area contributed by atoms with Gasteiger partial charge in [0.05, 0.1) is 13.0 Å². The van der Waals surface area contributed by atoms with Crippen LogP contribution in [0.15, 0.2) is 36.5 Å². The molecule has 1 heterocycles. The molecule has 2 aromatic rings. The van der Waals surface area contributed by atoms with Gasteiger partial charge < -0.3 is 15.7 Å². The Kier molecular flexibility index (Phi) is 10.4. The standard InChI is InChI=1S/C23H27Cl2N3O4/c1-15-5-7-27-21(8-15)26-6-3-2-4-22(30)28-14-20(29)11-17(12-23(31)32)16-9-18(24)13-19(25)10-16/h5,7-10,13,17H,2-4,6,11-12,14H2,1H3,(H,26,27)(H,28,30)(H,31,32). The smallest absolute Gasteiger partial charge is 0.303 e. The zero-order valence-electron chi connectivity index (χ0n) is 17.9. The van der Waals surface area contributed by atoms with Gasteiger partial charge in [-0.25, -0.2) is 4.98 Å². The fourth-order valence-corrected chi connectivity index (χ4v) is 3.76. The van der Waals surface area contributed by atoms with E-state index in [0.29, 0.717) is 35.0 Å². The molecule has 0 spiro atoms. The Labute approximate surface area is 197 Å². The molecular weight excluding hydrogens is 453 g/mol. The van der Waals surface area contributed by atoms with Crippen molar-refractivity contribution in [3.05, 3.63) is 57.7 Å². The third kappa shape index (κ3) is 9.66. The van der Waals surface area contributed by atoms with E-state index in [1.54, 1.807) is 24.4 Å². The summed E-state index contributed by atoms with van der Waals surface area (Å²) in [6, 6.07) is 8.62. The average molecular weight is 480 g/mol. The first-order valence-corrected chi connectivity index (χ1v) is 11.1. The van der Waals surface area contributed by atoms with E-state index in [0.717, 1.165) is 17.8 Å². The Morgan fingerprint density at radius 1 is 1.06 bits per heavy atom. The van der Waals surface area contributed by atoms with Gasteiger partial charge in [-0.05, 0) is 61.2 Å². The maximum absolute atomic E-state index is 12.4. The summed E-state index contributed by atoms with van der Waals surface area (Å²) in [5.41, 5.74) is 1.70. The first-order chi connectivity index (χ1) is 15.2. The summed E-state index contributed by atoms with van der Waals surface area (Å²) in [5, 5.41) is 15.7. The Morgan fingerprint density at radius 2 is 1.78 bits per heavy atom. The highest BCUT2D eigenvalue weighted by Crippen LogP contribution is 2.29. The Morgan fingerprint density at radius 3 is 2.44 bits per heavy atom. The number of amides is 1. The third-order valence-corrected chi connectivity index (χ3v) is 5.22. The zero-order chi connectivity index (χ0) is 23.5. The summed E-state index contributed by atoms with van der Waals surface area (Å²) in [4.78, 5) is 39.8. The molecule has 7 nitrogen and oxygen atoms in total. The highest BCUT2D eigenvalue weighted by molar-refractivity contribution is 6.34. The van der Waals surface area contributed by atoms with E-state index in [1.807, 2.05) is 19.1 Å². The number of pyridine rings is 1. The van der Waals surface area contributed by atoms with E-state index in [2.05, 4.69) is 15.6 Å². The van der Waals surface area contributed by atoms with Crippen LogP contribution in [0.1, 0.15) is 49.1 Å². The van der Waals surface area contributed by atoms with Gasteiger partial charge in [-0.2, -0.15) is 0 Å². The van der Waals surface area contributed by atoms with E-state index >= 15 is 0 Å². The van der Waals surface area contributed by atoms with Crippen molar-refractivity contribution in [1.82, 2.24) is 10.3 Å². The Hall–Kier alpha value is -2.64. The second-order valence-corrected chi connectivity index (χ2v) is 8.49. The van der Waals surface area contributed by atoms with Gasteiger partial charge in [0.25, 0.3) is 0 Å². The number of carbonyl (C=O) groups excluding carboxylic acids is 2. The number of nitrogens with zero attached hydrogens (tertiary/aromatic N) is 1. The molecule has 9 heteroatoms. The number of aryl methyl sites for hydroxylation is 1. The van der Waals surface area contributed by atoms with E-state index in [1.165, 1.54) is 0 Å². The predicted octanol–water partition coefficient (Wildman–Crippen LogP) is 4.61. The number of halogens is 2. The van der Waals surface area contributed by atoms with Crippen LogP contribution in [-0.4, -0.2) is 40.8 Å². The number of carbonyl (C=O) groups is 3. The maximum atomic E-state index is 12.4. The normalized spacial score (nSPS) is 11.6. The van der Waals surface area contributed by atoms with Gasteiger partial charge in [0, 0.05) is 41.5 Å². The third-order valence-electron chi connectivity index (χ3n) is 4.79. The molecule has 1 aromatic carbocycles. The van der Waals surface area contributed by atoms with Gasteiger partial charge in [-0.3, -0.25) is 14.4 Å². The number of unbranched alkanes of at least 4 members (excludes halogenated alkanes) is 1. The quantitative estimate of drug-likeness (QED) is 0.362. The van der Waals surface area contributed by atoms with Crippen LogP contribution >= 0.6 is 23.2 Å². The van der Waals surface area contributed by atoms with Crippen molar-refractivity contribution < 1.29 is 19.5 Å². The predicted molar refractivity (Wildman–Crippen MR) is 125 cm³/mol. The molecule has 0 aliphatic carbocycles. The number of carboxylic acids is 1. The van der Waals surface area contributed by atoms with Crippen LogP contribution in [0.4, 0.5) is 5.82 Å². The average Bonchev–Trinajstić information content (AvgIpc) is 2.70. The monoisotopic (exact) mass is 479 g/mol. The molecule has 1 amide bonds. The van der Waals surface area contributed by atoms with Gasteiger partial charge in [0.15, 0.2) is 5.78 Å². The van der Waals surface area contributed by atoms with Gasteiger partial charge in [0.1, 0.15) is 5.82 Å². The first-order valence-electron chi connectivity index (χ1n) is 10.4. The Bertz CT molecular complexity index is 932. The molecule has 0 bridgehead atoms. The largest absolute Gasteiger partial charge is 0.481 e. The number of Topliss-reactive ketones (excluding diaryl/α,β-unsaturated/α-hetero) is 1. The number of anilines is 1. The number of hydrogen-bond donors (Lipinski definition) is 3. The molecule has 172 valence electrons. The molecule has 0 aliphatic heterocycles. The second kappa shape index (κ2) is 13.0. The molecule has 1 aromatic heterocycles. The molecule has 0 radical (unpaired) electrons. The lowest BCUT2D eigenvalue weighted by atomic mass is 9.90. The Balaban J connectivity index is 1.72. The van der Waals surface area contributed by atoms with Crippen molar-refractivity contribution in [2.24, 2.45) is 0 Å². The topological polar surface area (TPSA) is 108 Å². The van der Waals surface area contributed by atoms with Gasteiger partial charge >= 0.3 is 5.97 Å². The zero-order valence-corrected chi connectivity index (χ0v) is 19.4. The van der Waals surface area contributed by atoms with Crippen molar-refractivity contribution in [3.63, 3.8) is 0 Å². The highest BCUT2D eigenvalue weighted by Gasteiger charge is 2.20. The van der Waals surface area contributed by atoms with Gasteiger partial charge in [-0.1, -0.05) is 23.2 Å². The molecule has 2 rings (SSSR count).